The van der Waals surface area contributed by atoms with Crippen molar-refractivity contribution < 1.29 is 14.3 Å². The topological polar surface area (TPSA) is 55.7 Å². The second kappa shape index (κ2) is 6.20. The lowest BCUT2D eigenvalue weighted by Gasteiger charge is -2.09. The molecule has 0 fully saturated rings. The predicted octanol–water partition coefficient (Wildman–Crippen LogP) is 2.39. The zero-order chi connectivity index (χ0) is 12.0. The van der Waals surface area contributed by atoms with Gasteiger partial charge in [-0.1, -0.05) is 28.1 Å². The lowest BCUT2D eigenvalue weighted by molar-refractivity contribution is -0.141. The molecule has 0 bridgehead atoms. The number of esters is 1. The third-order valence-electron chi connectivity index (χ3n) is 2.05. The standard InChI is InChI=1S/C11H10BrNO3/c1-16-11(15)6-10(13-7-14)8-2-4-9(12)5-3-8/h2-5,10H,6H2,1H3/t10-/m0/s1. The molecule has 0 N–H and O–H groups in total. The molecule has 0 unspecified atom stereocenters. The average molecular weight is 284 g/mol. The molecule has 5 heteroatoms. The molecule has 16 heavy (non-hydrogen) atoms. The minimum atomic E-state index is -0.530. The van der Waals surface area contributed by atoms with E-state index in [0.29, 0.717) is 0 Å². The van der Waals surface area contributed by atoms with Crippen LogP contribution >= 0.6 is 15.9 Å². The Labute approximate surface area is 101 Å². The SMILES string of the molecule is COC(=O)C[C@H](N=C=O)c1ccc(Br)cc1. The number of aliphatic imine (C=N–C) groups is 1. The summed E-state index contributed by atoms with van der Waals surface area (Å²) in [5.74, 6) is -0.410. The van der Waals surface area contributed by atoms with Crippen molar-refractivity contribution >= 4 is 28.0 Å². The van der Waals surface area contributed by atoms with Crippen molar-refractivity contribution in [2.24, 2.45) is 4.99 Å². The van der Waals surface area contributed by atoms with E-state index in [1.54, 1.807) is 12.1 Å². The van der Waals surface area contributed by atoms with E-state index in [2.05, 4.69) is 25.7 Å². The monoisotopic (exact) mass is 283 g/mol. The van der Waals surface area contributed by atoms with Crippen LogP contribution in [0.5, 0.6) is 0 Å². The lowest BCUT2D eigenvalue weighted by atomic mass is 10.0. The maximum absolute atomic E-state index is 11.1. The maximum Gasteiger partial charge on any atom is 0.308 e. The van der Waals surface area contributed by atoms with Gasteiger partial charge in [0.25, 0.3) is 0 Å². The predicted molar refractivity (Wildman–Crippen MR) is 61.6 cm³/mol. The van der Waals surface area contributed by atoms with Crippen molar-refractivity contribution in [2.75, 3.05) is 7.11 Å². The fourth-order valence-electron chi connectivity index (χ4n) is 1.23. The van der Waals surface area contributed by atoms with E-state index in [4.69, 9.17) is 0 Å². The normalized spacial score (nSPS) is 11.4. The third-order valence-corrected chi connectivity index (χ3v) is 2.58. The van der Waals surface area contributed by atoms with Crippen molar-refractivity contribution in [1.82, 2.24) is 0 Å². The van der Waals surface area contributed by atoms with Gasteiger partial charge in [-0.15, -0.1) is 0 Å². The highest BCUT2D eigenvalue weighted by molar-refractivity contribution is 9.10. The summed E-state index contributed by atoms with van der Waals surface area (Å²) in [5, 5.41) is 0. The van der Waals surface area contributed by atoms with Crippen LogP contribution in [0.25, 0.3) is 0 Å². The van der Waals surface area contributed by atoms with E-state index < -0.39 is 12.0 Å². The van der Waals surface area contributed by atoms with Crippen molar-refractivity contribution in [3.05, 3.63) is 34.3 Å². The fourth-order valence-corrected chi connectivity index (χ4v) is 1.49. The summed E-state index contributed by atoms with van der Waals surface area (Å²) in [6.07, 6.45) is 1.50. The number of halogens is 1. The molecule has 0 saturated heterocycles. The summed E-state index contributed by atoms with van der Waals surface area (Å²) in [6, 6.07) is 6.69. The Morgan fingerprint density at radius 3 is 2.62 bits per heavy atom. The first-order chi connectivity index (χ1) is 7.67. The van der Waals surface area contributed by atoms with E-state index in [1.807, 2.05) is 12.1 Å². The van der Waals surface area contributed by atoms with Crippen LogP contribution in [-0.2, 0) is 14.3 Å². The number of nitrogens with zero attached hydrogens (tertiary/aromatic N) is 1. The largest absolute Gasteiger partial charge is 0.469 e. The highest BCUT2D eigenvalue weighted by Gasteiger charge is 2.15. The van der Waals surface area contributed by atoms with Gasteiger partial charge in [0.15, 0.2) is 0 Å². The van der Waals surface area contributed by atoms with E-state index >= 15 is 0 Å². The first-order valence-electron chi connectivity index (χ1n) is 4.56. The number of carbonyl (C=O) groups is 1. The van der Waals surface area contributed by atoms with Gasteiger partial charge in [0.2, 0.25) is 6.08 Å². The molecule has 0 aliphatic rings. The van der Waals surface area contributed by atoms with Crippen LogP contribution in [0.1, 0.15) is 18.0 Å². The number of carbonyl (C=O) groups excluding carboxylic acids is 2. The Bertz CT molecular complexity index is 410. The molecule has 0 amide bonds. The molecule has 0 heterocycles. The van der Waals surface area contributed by atoms with Gasteiger partial charge in [-0.25, -0.2) is 4.79 Å². The van der Waals surface area contributed by atoms with Crippen molar-refractivity contribution in [3.8, 4) is 0 Å². The Balaban J connectivity index is 2.89. The van der Waals surface area contributed by atoms with Crippen molar-refractivity contribution in [2.45, 2.75) is 12.5 Å². The van der Waals surface area contributed by atoms with E-state index in [9.17, 15) is 9.59 Å². The molecule has 84 valence electrons. The van der Waals surface area contributed by atoms with E-state index in [-0.39, 0.29) is 6.42 Å². The smallest absolute Gasteiger partial charge is 0.308 e. The van der Waals surface area contributed by atoms with E-state index in [1.165, 1.54) is 13.2 Å². The Hall–Kier alpha value is -1.45. The van der Waals surface area contributed by atoms with Crippen LogP contribution < -0.4 is 0 Å². The van der Waals surface area contributed by atoms with Gasteiger partial charge >= 0.3 is 5.97 Å². The van der Waals surface area contributed by atoms with Gasteiger partial charge in [0, 0.05) is 4.47 Å². The molecule has 0 aromatic heterocycles. The molecule has 0 spiro atoms. The number of ether oxygens (including phenoxy) is 1. The molecule has 0 aliphatic carbocycles. The Morgan fingerprint density at radius 2 is 2.12 bits per heavy atom. The molecule has 0 aliphatic heterocycles. The second-order valence-electron chi connectivity index (χ2n) is 3.07. The summed E-state index contributed by atoms with van der Waals surface area (Å²) >= 11 is 3.30. The molecule has 1 aromatic rings. The Kier molecular flexibility index (Phi) is 4.89. The van der Waals surface area contributed by atoms with E-state index in [0.717, 1.165) is 10.0 Å². The van der Waals surface area contributed by atoms with Crippen LogP contribution in [0, 0.1) is 0 Å². The molecule has 1 aromatic carbocycles. The number of rotatable bonds is 4. The first-order valence-corrected chi connectivity index (χ1v) is 5.36. The first kappa shape index (κ1) is 12.6. The summed E-state index contributed by atoms with van der Waals surface area (Å²) < 4.78 is 5.45. The van der Waals surface area contributed by atoms with Gasteiger partial charge in [0.05, 0.1) is 19.6 Å². The minimum absolute atomic E-state index is 0.0351. The zero-order valence-electron chi connectivity index (χ0n) is 8.64. The second-order valence-corrected chi connectivity index (χ2v) is 3.98. The molecule has 4 nitrogen and oxygen atoms in total. The highest BCUT2D eigenvalue weighted by atomic mass is 79.9. The van der Waals surface area contributed by atoms with Gasteiger partial charge in [-0.05, 0) is 17.7 Å². The summed E-state index contributed by atoms with van der Waals surface area (Å²) in [7, 11) is 1.30. The zero-order valence-corrected chi connectivity index (χ0v) is 10.2. The van der Waals surface area contributed by atoms with Crippen LogP contribution in [0.4, 0.5) is 0 Å². The van der Waals surface area contributed by atoms with Crippen LogP contribution in [0.3, 0.4) is 0 Å². The minimum Gasteiger partial charge on any atom is -0.469 e. The molecular formula is C11H10BrNO3. The number of hydrogen-bond donors (Lipinski definition) is 0. The number of hydrogen-bond acceptors (Lipinski definition) is 4. The summed E-state index contributed by atoms with van der Waals surface area (Å²) in [4.78, 5) is 25.0. The molecular weight excluding hydrogens is 274 g/mol. The van der Waals surface area contributed by atoms with Gasteiger partial charge < -0.3 is 4.74 Å². The van der Waals surface area contributed by atoms with Crippen molar-refractivity contribution in [1.29, 1.82) is 0 Å². The lowest BCUT2D eigenvalue weighted by Crippen LogP contribution is -2.06. The van der Waals surface area contributed by atoms with Crippen LogP contribution in [-0.4, -0.2) is 19.2 Å². The Morgan fingerprint density at radius 1 is 1.50 bits per heavy atom. The maximum atomic E-state index is 11.1. The number of isocyanates is 1. The third kappa shape index (κ3) is 3.61. The van der Waals surface area contributed by atoms with Gasteiger partial charge in [-0.3, -0.25) is 4.79 Å². The van der Waals surface area contributed by atoms with Crippen molar-refractivity contribution in [3.63, 3.8) is 0 Å². The fraction of sp³-hybridized carbons (Fsp3) is 0.273. The number of methoxy groups -OCH3 is 1. The quantitative estimate of drug-likeness (QED) is 0.484. The van der Waals surface area contributed by atoms with Crippen LogP contribution in [0.15, 0.2) is 33.7 Å². The summed E-state index contributed by atoms with van der Waals surface area (Å²) in [6.45, 7) is 0. The van der Waals surface area contributed by atoms with Gasteiger partial charge in [0.1, 0.15) is 0 Å². The molecule has 0 saturated carbocycles. The number of benzene rings is 1. The molecule has 1 atom stereocenters. The summed E-state index contributed by atoms with van der Waals surface area (Å²) in [5.41, 5.74) is 0.775. The van der Waals surface area contributed by atoms with Gasteiger partial charge in [-0.2, -0.15) is 4.99 Å². The van der Waals surface area contributed by atoms with Crippen LogP contribution in [0.2, 0.25) is 0 Å². The average Bonchev–Trinajstić information content (AvgIpc) is 2.29. The highest BCUT2D eigenvalue weighted by Crippen LogP contribution is 2.23. The molecule has 0 radical (unpaired) electrons. The molecule has 1 rings (SSSR count).